The van der Waals surface area contributed by atoms with Gasteiger partial charge in [0, 0.05) is 6.20 Å². The maximum atomic E-state index is 10.3. The molecule has 1 N–H and O–H groups in total. The number of nitrogens with one attached hydrogen (secondary N) is 1. The van der Waals surface area contributed by atoms with Crippen molar-refractivity contribution in [1.82, 2.24) is 5.32 Å². The van der Waals surface area contributed by atoms with Crippen molar-refractivity contribution in [3.8, 4) is 0 Å². The fourth-order valence-electron chi connectivity index (χ4n) is 0.340. The maximum absolute atomic E-state index is 10.3. The van der Waals surface area contributed by atoms with E-state index in [1.165, 1.54) is 6.20 Å². The summed E-state index contributed by atoms with van der Waals surface area (Å²) in [5.74, 6) is -0.171. The van der Waals surface area contributed by atoms with Gasteiger partial charge < -0.3 is 5.32 Å². The van der Waals surface area contributed by atoms with Gasteiger partial charge in [-0.2, -0.15) is 0 Å². The van der Waals surface area contributed by atoms with Crippen LogP contribution in [0.1, 0.15) is 0 Å². The minimum absolute atomic E-state index is 0.171. The van der Waals surface area contributed by atoms with E-state index in [0.717, 1.165) is 0 Å². The fourth-order valence-corrected chi connectivity index (χ4v) is 0.467. The molecule has 0 spiro atoms. The molecule has 1 rings (SSSR count). The minimum Gasteiger partial charge on any atom is -0.328 e. The van der Waals surface area contributed by atoms with Gasteiger partial charge in [-0.1, -0.05) is 12.2 Å². The van der Waals surface area contributed by atoms with Crippen LogP contribution in [0.4, 0.5) is 0 Å². The standard InChI is InChI=1S/C4H3NOS/c6-4-3(7)1-2-5-4/h1-2H,(H,5,6,7). The average Bonchev–Trinajstić information content (AvgIpc) is 1.91. The molecule has 0 fully saturated rings. The molecule has 0 saturated heterocycles. The Balaban J connectivity index is 2.81. The predicted molar refractivity (Wildman–Crippen MR) is 29.9 cm³/mol. The second kappa shape index (κ2) is 1.42. The lowest BCUT2D eigenvalue weighted by Gasteiger charge is -1.81. The largest absolute Gasteiger partial charge is 0.328 e. The summed E-state index contributed by atoms with van der Waals surface area (Å²) in [6.45, 7) is 0. The van der Waals surface area contributed by atoms with Crippen molar-refractivity contribution < 1.29 is 4.79 Å². The molecule has 0 unspecified atom stereocenters. The highest BCUT2D eigenvalue weighted by Gasteiger charge is 2.07. The molecule has 3 heteroatoms. The molecule has 1 aliphatic heterocycles. The number of carbonyl (C=O) groups excluding carboxylic acids is 1. The van der Waals surface area contributed by atoms with Gasteiger partial charge in [-0.3, -0.25) is 4.79 Å². The van der Waals surface area contributed by atoms with E-state index in [-0.39, 0.29) is 5.91 Å². The van der Waals surface area contributed by atoms with Crippen molar-refractivity contribution in [2.24, 2.45) is 0 Å². The van der Waals surface area contributed by atoms with Gasteiger partial charge in [-0.05, 0) is 6.08 Å². The number of carbonyl (C=O) groups is 1. The predicted octanol–water partition coefficient (Wildman–Crippen LogP) is -0.000200. The van der Waals surface area contributed by atoms with Crippen molar-refractivity contribution in [2.45, 2.75) is 0 Å². The van der Waals surface area contributed by atoms with Crippen LogP contribution < -0.4 is 5.32 Å². The van der Waals surface area contributed by atoms with Crippen molar-refractivity contribution >= 4 is 23.0 Å². The molecule has 0 aliphatic carbocycles. The third-order valence-electron chi connectivity index (χ3n) is 0.673. The third-order valence-corrected chi connectivity index (χ3v) is 0.994. The summed E-state index contributed by atoms with van der Waals surface area (Å²) in [5, 5.41) is 2.41. The Kier molecular flexibility index (Phi) is 0.906. The van der Waals surface area contributed by atoms with Crippen LogP contribution in [0.25, 0.3) is 0 Å². The van der Waals surface area contributed by atoms with E-state index in [1.807, 2.05) is 0 Å². The Bertz CT molecular complexity index is 150. The Labute approximate surface area is 46.2 Å². The normalized spacial score (nSPS) is 17.7. The zero-order valence-corrected chi connectivity index (χ0v) is 4.29. The topological polar surface area (TPSA) is 29.1 Å². The molecule has 0 bridgehead atoms. The Hall–Kier alpha value is -0.700. The highest BCUT2D eigenvalue weighted by molar-refractivity contribution is 7.82. The maximum Gasteiger partial charge on any atom is 0.266 e. The van der Waals surface area contributed by atoms with E-state index in [1.54, 1.807) is 6.08 Å². The Morgan fingerprint density at radius 2 is 2.43 bits per heavy atom. The van der Waals surface area contributed by atoms with E-state index in [9.17, 15) is 4.79 Å². The quantitative estimate of drug-likeness (QED) is 0.448. The van der Waals surface area contributed by atoms with Crippen LogP contribution in [-0.4, -0.2) is 10.8 Å². The second-order valence-electron chi connectivity index (χ2n) is 1.17. The first-order chi connectivity index (χ1) is 3.30. The van der Waals surface area contributed by atoms with Crippen LogP contribution in [0.2, 0.25) is 0 Å². The van der Waals surface area contributed by atoms with Crippen LogP contribution in [0.3, 0.4) is 0 Å². The molecule has 0 aromatic carbocycles. The molecule has 0 saturated carbocycles. The molecule has 0 aromatic heterocycles. The molecule has 36 valence electrons. The van der Waals surface area contributed by atoms with Crippen molar-refractivity contribution in [3.63, 3.8) is 0 Å². The van der Waals surface area contributed by atoms with Crippen LogP contribution in [0, 0.1) is 0 Å². The Morgan fingerprint density at radius 1 is 1.71 bits per heavy atom. The SMILES string of the molecule is O=C1NC=CC1=S. The molecule has 1 heterocycles. The van der Waals surface area contributed by atoms with Gasteiger partial charge in [-0.15, -0.1) is 0 Å². The molecule has 0 aromatic rings. The number of amides is 1. The van der Waals surface area contributed by atoms with Gasteiger partial charge in [0.1, 0.15) is 4.86 Å². The van der Waals surface area contributed by atoms with Crippen LogP contribution >= 0.6 is 12.2 Å². The van der Waals surface area contributed by atoms with Crippen molar-refractivity contribution in [3.05, 3.63) is 12.3 Å². The number of rotatable bonds is 0. The molecule has 0 radical (unpaired) electrons. The van der Waals surface area contributed by atoms with E-state index in [2.05, 4.69) is 17.5 Å². The molecular formula is C4H3NOS. The van der Waals surface area contributed by atoms with Gasteiger partial charge in [0.15, 0.2) is 0 Å². The van der Waals surface area contributed by atoms with E-state index < -0.39 is 0 Å². The van der Waals surface area contributed by atoms with Crippen LogP contribution in [0.5, 0.6) is 0 Å². The molecule has 1 aliphatic rings. The lowest BCUT2D eigenvalue weighted by Crippen LogP contribution is -2.16. The second-order valence-corrected chi connectivity index (χ2v) is 1.61. The first-order valence-electron chi connectivity index (χ1n) is 1.82. The van der Waals surface area contributed by atoms with E-state index >= 15 is 0 Å². The van der Waals surface area contributed by atoms with Gasteiger partial charge in [0.25, 0.3) is 5.91 Å². The zero-order valence-electron chi connectivity index (χ0n) is 3.47. The summed E-state index contributed by atoms with van der Waals surface area (Å²) < 4.78 is 0. The fraction of sp³-hybridized carbons (Fsp3) is 0. The van der Waals surface area contributed by atoms with Crippen LogP contribution in [-0.2, 0) is 4.79 Å². The molecular weight excluding hydrogens is 110 g/mol. The molecule has 2 nitrogen and oxygen atoms in total. The molecule has 0 atom stereocenters. The first kappa shape index (κ1) is 4.46. The molecule has 1 amide bonds. The average molecular weight is 113 g/mol. The number of thiocarbonyl (C=S) groups is 1. The minimum atomic E-state index is -0.171. The lowest BCUT2D eigenvalue weighted by molar-refractivity contribution is -0.113. The summed E-state index contributed by atoms with van der Waals surface area (Å²) in [4.78, 5) is 10.6. The number of hydrogen-bond donors (Lipinski definition) is 1. The van der Waals surface area contributed by atoms with Crippen molar-refractivity contribution in [1.29, 1.82) is 0 Å². The van der Waals surface area contributed by atoms with Gasteiger partial charge >= 0.3 is 0 Å². The van der Waals surface area contributed by atoms with Gasteiger partial charge in [0.2, 0.25) is 0 Å². The Morgan fingerprint density at radius 3 is 2.57 bits per heavy atom. The monoisotopic (exact) mass is 113 g/mol. The summed E-state index contributed by atoms with van der Waals surface area (Å²) in [6.07, 6.45) is 3.10. The first-order valence-corrected chi connectivity index (χ1v) is 2.23. The van der Waals surface area contributed by atoms with E-state index in [0.29, 0.717) is 4.86 Å². The third kappa shape index (κ3) is 0.667. The molecule has 7 heavy (non-hydrogen) atoms. The zero-order chi connectivity index (χ0) is 5.28. The highest BCUT2D eigenvalue weighted by atomic mass is 32.1. The highest BCUT2D eigenvalue weighted by Crippen LogP contribution is 1.87. The summed E-state index contributed by atoms with van der Waals surface area (Å²) in [5.41, 5.74) is 0. The smallest absolute Gasteiger partial charge is 0.266 e. The van der Waals surface area contributed by atoms with Gasteiger partial charge in [0.05, 0.1) is 0 Å². The van der Waals surface area contributed by atoms with Gasteiger partial charge in [-0.25, -0.2) is 0 Å². The van der Waals surface area contributed by atoms with E-state index in [4.69, 9.17) is 0 Å². The summed E-state index contributed by atoms with van der Waals surface area (Å²) in [7, 11) is 0. The van der Waals surface area contributed by atoms with Crippen molar-refractivity contribution in [2.75, 3.05) is 0 Å². The summed E-state index contributed by atoms with van der Waals surface area (Å²) in [6, 6.07) is 0. The summed E-state index contributed by atoms with van der Waals surface area (Å²) >= 11 is 4.54. The number of hydrogen-bond acceptors (Lipinski definition) is 2. The van der Waals surface area contributed by atoms with Crippen LogP contribution in [0.15, 0.2) is 12.3 Å². The lowest BCUT2D eigenvalue weighted by atomic mass is 10.5.